The summed E-state index contributed by atoms with van der Waals surface area (Å²) < 4.78 is 1.79. The molecule has 2 heterocycles. The monoisotopic (exact) mass is 218 g/mol. The van der Waals surface area contributed by atoms with Gasteiger partial charge in [0.1, 0.15) is 11.2 Å². The molecule has 5 heteroatoms. The number of nitriles is 1. The maximum absolute atomic E-state index is 8.92. The molecule has 0 saturated heterocycles. The van der Waals surface area contributed by atoms with E-state index < -0.39 is 0 Å². The minimum Gasteiger partial charge on any atom is -0.304 e. The zero-order valence-electron chi connectivity index (χ0n) is 7.98. The van der Waals surface area contributed by atoms with Crippen molar-refractivity contribution in [3.8, 4) is 11.8 Å². The number of rotatable bonds is 1. The van der Waals surface area contributed by atoms with Crippen LogP contribution in [-0.2, 0) is 0 Å². The SMILES string of the molecule is Cc1c(-n2ccnc2)cnc(Cl)c1C#N. The van der Waals surface area contributed by atoms with E-state index >= 15 is 0 Å². The molecule has 2 aromatic rings. The average molecular weight is 219 g/mol. The predicted molar refractivity (Wildman–Crippen MR) is 55.8 cm³/mol. The van der Waals surface area contributed by atoms with Crippen LogP contribution in [0.1, 0.15) is 11.1 Å². The first-order valence-electron chi connectivity index (χ1n) is 4.27. The van der Waals surface area contributed by atoms with Gasteiger partial charge in [-0.25, -0.2) is 9.97 Å². The van der Waals surface area contributed by atoms with E-state index in [1.165, 1.54) is 0 Å². The van der Waals surface area contributed by atoms with Crippen LogP contribution in [0.3, 0.4) is 0 Å². The molecule has 0 saturated carbocycles. The van der Waals surface area contributed by atoms with Crippen LogP contribution in [0.5, 0.6) is 0 Å². The molecular weight excluding hydrogens is 212 g/mol. The van der Waals surface area contributed by atoms with E-state index in [1.54, 1.807) is 29.5 Å². The molecular formula is C10H7ClN4. The Labute approximate surface area is 91.8 Å². The Bertz CT molecular complexity index is 525. The zero-order valence-corrected chi connectivity index (χ0v) is 8.73. The third-order valence-electron chi connectivity index (χ3n) is 2.16. The maximum Gasteiger partial charge on any atom is 0.147 e. The lowest BCUT2D eigenvalue weighted by atomic mass is 10.1. The minimum atomic E-state index is 0.235. The molecule has 74 valence electrons. The van der Waals surface area contributed by atoms with Crippen molar-refractivity contribution in [3.63, 3.8) is 0 Å². The lowest BCUT2D eigenvalue weighted by Gasteiger charge is -2.07. The molecule has 0 aromatic carbocycles. The first-order chi connectivity index (χ1) is 7.24. The lowest BCUT2D eigenvalue weighted by Crippen LogP contribution is -1.98. The quantitative estimate of drug-likeness (QED) is 0.689. The highest BCUT2D eigenvalue weighted by molar-refractivity contribution is 6.30. The molecule has 4 nitrogen and oxygen atoms in total. The second-order valence-electron chi connectivity index (χ2n) is 3.02. The first kappa shape index (κ1) is 9.69. The Hall–Kier alpha value is -1.86. The molecule has 2 aromatic heterocycles. The van der Waals surface area contributed by atoms with E-state index in [0.717, 1.165) is 11.3 Å². The van der Waals surface area contributed by atoms with Crippen molar-refractivity contribution in [3.05, 3.63) is 41.2 Å². The highest BCUT2D eigenvalue weighted by Crippen LogP contribution is 2.21. The third-order valence-corrected chi connectivity index (χ3v) is 2.45. The van der Waals surface area contributed by atoms with Crippen LogP contribution in [0.4, 0.5) is 0 Å². The molecule has 0 aliphatic carbocycles. The molecule has 0 bridgehead atoms. The van der Waals surface area contributed by atoms with Gasteiger partial charge >= 0.3 is 0 Å². The fourth-order valence-corrected chi connectivity index (χ4v) is 1.59. The van der Waals surface area contributed by atoms with Crippen LogP contribution >= 0.6 is 11.6 Å². The second kappa shape index (κ2) is 3.71. The van der Waals surface area contributed by atoms with E-state index in [9.17, 15) is 0 Å². The van der Waals surface area contributed by atoms with Crippen molar-refractivity contribution in [1.29, 1.82) is 5.26 Å². The Morgan fingerprint density at radius 1 is 1.53 bits per heavy atom. The van der Waals surface area contributed by atoms with Gasteiger partial charge in [-0.2, -0.15) is 5.26 Å². The van der Waals surface area contributed by atoms with Gasteiger partial charge in [-0.3, -0.25) is 0 Å². The van der Waals surface area contributed by atoms with Crippen LogP contribution in [0, 0.1) is 18.3 Å². The van der Waals surface area contributed by atoms with Gasteiger partial charge in [0, 0.05) is 12.4 Å². The van der Waals surface area contributed by atoms with Gasteiger partial charge in [-0.15, -0.1) is 0 Å². The van der Waals surface area contributed by atoms with Crippen molar-refractivity contribution in [2.75, 3.05) is 0 Å². The van der Waals surface area contributed by atoms with Crippen LogP contribution in [0.25, 0.3) is 5.69 Å². The van der Waals surface area contributed by atoms with Gasteiger partial charge < -0.3 is 4.57 Å². The average Bonchev–Trinajstić information content (AvgIpc) is 2.71. The van der Waals surface area contributed by atoms with Crippen molar-refractivity contribution in [2.24, 2.45) is 0 Å². The highest BCUT2D eigenvalue weighted by atomic mass is 35.5. The Morgan fingerprint density at radius 3 is 2.93 bits per heavy atom. The van der Waals surface area contributed by atoms with Crippen LogP contribution in [0.15, 0.2) is 24.9 Å². The minimum absolute atomic E-state index is 0.235. The second-order valence-corrected chi connectivity index (χ2v) is 3.37. The van der Waals surface area contributed by atoms with Crippen molar-refractivity contribution in [1.82, 2.24) is 14.5 Å². The van der Waals surface area contributed by atoms with Crippen LogP contribution in [-0.4, -0.2) is 14.5 Å². The molecule has 0 atom stereocenters. The number of pyridine rings is 1. The van der Waals surface area contributed by atoms with Gasteiger partial charge in [0.2, 0.25) is 0 Å². The van der Waals surface area contributed by atoms with Crippen LogP contribution < -0.4 is 0 Å². The van der Waals surface area contributed by atoms with Crippen LogP contribution in [0.2, 0.25) is 5.15 Å². The first-order valence-corrected chi connectivity index (χ1v) is 4.65. The Morgan fingerprint density at radius 2 is 2.33 bits per heavy atom. The summed E-state index contributed by atoms with van der Waals surface area (Å²) in [4.78, 5) is 7.90. The molecule has 15 heavy (non-hydrogen) atoms. The van der Waals surface area contributed by atoms with E-state index in [1.807, 2.05) is 13.0 Å². The third kappa shape index (κ3) is 1.58. The van der Waals surface area contributed by atoms with E-state index in [-0.39, 0.29) is 5.15 Å². The van der Waals surface area contributed by atoms with Gasteiger partial charge in [0.15, 0.2) is 0 Å². The molecule has 0 amide bonds. The van der Waals surface area contributed by atoms with Gasteiger partial charge in [0.05, 0.1) is 23.8 Å². The summed E-state index contributed by atoms with van der Waals surface area (Å²) in [5, 5.41) is 9.16. The summed E-state index contributed by atoms with van der Waals surface area (Å²) in [5.74, 6) is 0. The molecule has 0 radical (unpaired) electrons. The van der Waals surface area contributed by atoms with Gasteiger partial charge in [-0.05, 0) is 12.5 Å². The van der Waals surface area contributed by atoms with E-state index in [0.29, 0.717) is 5.56 Å². The summed E-state index contributed by atoms with van der Waals surface area (Å²) in [5.41, 5.74) is 2.02. The number of hydrogen-bond acceptors (Lipinski definition) is 3. The highest BCUT2D eigenvalue weighted by Gasteiger charge is 2.10. The molecule has 0 aliphatic heterocycles. The van der Waals surface area contributed by atoms with Gasteiger partial charge in [-0.1, -0.05) is 11.6 Å². The Balaban J connectivity index is 2.66. The molecule has 0 aliphatic rings. The zero-order chi connectivity index (χ0) is 10.8. The molecule has 0 N–H and O–H groups in total. The molecule has 0 fully saturated rings. The predicted octanol–water partition coefficient (Wildman–Crippen LogP) is 2.10. The summed E-state index contributed by atoms with van der Waals surface area (Å²) in [6, 6.07) is 2.04. The summed E-state index contributed by atoms with van der Waals surface area (Å²) >= 11 is 5.80. The molecule has 2 rings (SSSR count). The van der Waals surface area contributed by atoms with E-state index in [2.05, 4.69) is 9.97 Å². The number of hydrogen-bond donors (Lipinski definition) is 0. The maximum atomic E-state index is 8.92. The van der Waals surface area contributed by atoms with Crippen molar-refractivity contribution in [2.45, 2.75) is 6.92 Å². The van der Waals surface area contributed by atoms with Crippen molar-refractivity contribution < 1.29 is 0 Å². The largest absolute Gasteiger partial charge is 0.304 e. The molecule has 0 unspecified atom stereocenters. The molecule has 0 spiro atoms. The summed E-state index contributed by atoms with van der Waals surface area (Å²) in [7, 11) is 0. The topological polar surface area (TPSA) is 54.5 Å². The smallest absolute Gasteiger partial charge is 0.147 e. The van der Waals surface area contributed by atoms with Gasteiger partial charge in [0.25, 0.3) is 0 Å². The normalized spacial score (nSPS) is 9.93. The fraction of sp³-hybridized carbons (Fsp3) is 0.100. The summed E-state index contributed by atoms with van der Waals surface area (Å²) in [6.45, 7) is 1.83. The standard InChI is InChI=1S/C10H7ClN4/c1-7-8(4-12)10(11)14-5-9(7)15-3-2-13-6-15/h2-3,5-6H,1H3. The van der Waals surface area contributed by atoms with Crippen molar-refractivity contribution >= 4 is 11.6 Å². The Kier molecular flexibility index (Phi) is 2.40. The number of halogens is 1. The lowest BCUT2D eigenvalue weighted by molar-refractivity contribution is 1.02. The van der Waals surface area contributed by atoms with E-state index in [4.69, 9.17) is 16.9 Å². The fourth-order valence-electron chi connectivity index (χ4n) is 1.35. The number of aromatic nitrogens is 3. The number of nitrogens with zero attached hydrogens (tertiary/aromatic N) is 4. The number of imidazole rings is 1. The summed E-state index contributed by atoms with van der Waals surface area (Å²) in [6.07, 6.45) is 6.73.